The van der Waals surface area contributed by atoms with Gasteiger partial charge in [-0.15, -0.1) is 0 Å². The topological polar surface area (TPSA) is 75.9 Å². The maximum Gasteiger partial charge on any atom is 0.260 e. The van der Waals surface area contributed by atoms with Gasteiger partial charge in [0.25, 0.3) is 11.8 Å². The van der Waals surface area contributed by atoms with E-state index in [0.29, 0.717) is 18.1 Å². The van der Waals surface area contributed by atoms with Crippen LogP contribution < -0.4 is 10.5 Å². The molecule has 148 valence electrons. The minimum absolute atomic E-state index is 0.128. The number of primary amides is 1. The quantitative estimate of drug-likeness (QED) is 0.777. The number of ether oxygens (including phenoxy) is 1. The predicted molar refractivity (Wildman–Crippen MR) is 109 cm³/mol. The molecule has 1 fully saturated rings. The molecule has 0 radical (unpaired) electrons. The van der Waals surface area contributed by atoms with Gasteiger partial charge in [-0.05, 0) is 35.9 Å². The molecule has 0 saturated carbocycles. The van der Waals surface area contributed by atoms with Gasteiger partial charge in [0, 0.05) is 42.8 Å². The number of piperazine rings is 1. The molecule has 28 heavy (non-hydrogen) atoms. The number of carbonyl (C=O) groups is 2. The van der Waals surface area contributed by atoms with Gasteiger partial charge in [-0.1, -0.05) is 35.3 Å². The minimum atomic E-state index is -0.652. The Labute approximate surface area is 173 Å². The maximum atomic E-state index is 12.4. The zero-order chi connectivity index (χ0) is 20.1. The maximum absolute atomic E-state index is 12.4. The van der Waals surface area contributed by atoms with Gasteiger partial charge in [-0.25, -0.2) is 0 Å². The highest BCUT2D eigenvalue weighted by molar-refractivity contribution is 6.31. The van der Waals surface area contributed by atoms with Gasteiger partial charge in [0.15, 0.2) is 6.61 Å². The van der Waals surface area contributed by atoms with Crippen LogP contribution in [0.15, 0.2) is 42.5 Å². The lowest BCUT2D eigenvalue weighted by Gasteiger charge is -2.34. The highest BCUT2D eigenvalue weighted by Gasteiger charge is 2.22. The largest absolute Gasteiger partial charge is 0.483 e. The molecule has 0 spiro atoms. The molecule has 0 unspecified atom stereocenters. The number of rotatable bonds is 6. The molecular weight excluding hydrogens is 401 g/mol. The summed E-state index contributed by atoms with van der Waals surface area (Å²) < 4.78 is 5.53. The van der Waals surface area contributed by atoms with Crippen molar-refractivity contribution in [2.45, 2.75) is 6.54 Å². The zero-order valence-corrected chi connectivity index (χ0v) is 16.7. The molecule has 2 amide bonds. The second kappa shape index (κ2) is 9.28. The lowest BCUT2D eigenvalue weighted by atomic mass is 10.2. The van der Waals surface area contributed by atoms with E-state index in [-0.39, 0.29) is 23.8 Å². The molecule has 1 aliphatic heterocycles. The molecule has 3 rings (SSSR count). The lowest BCUT2D eigenvalue weighted by molar-refractivity contribution is -0.135. The molecule has 8 heteroatoms. The number of benzene rings is 2. The van der Waals surface area contributed by atoms with Gasteiger partial charge in [0.2, 0.25) is 0 Å². The standard InChI is InChI=1S/C20H21Cl2N3O3/c21-15-3-1-14(2-4-15)12-24-7-9-25(10-8-24)19(26)13-28-18-6-5-16(22)11-17(18)20(23)27/h1-6,11H,7-10,12-13H2,(H2,23,27). The Morgan fingerprint density at radius 3 is 2.25 bits per heavy atom. The number of halogens is 2. The first-order chi connectivity index (χ1) is 13.4. The molecule has 2 aromatic carbocycles. The Morgan fingerprint density at radius 2 is 1.61 bits per heavy atom. The number of nitrogens with two attached hydrogens (primary N) is 1. The van der Waals surface area contributed by atoms with E-state index in [0.717, 1.165) is 24.7 Å². The molecule has 1 heterocycles. The number of nitrogens with zero attached hydrogens (tertiary/aromatic N) is 2. The van der Waals surface area contributed by atoms with Crippen LogP contribution in [-0.4, -0.2) is 54.4 Å². The first kappa shape index (κ1) is 20.5. The van der Waals surface area contributed by atoms with E-state index in [2.05, 4.69) is 4.90 Å². The van der Waals surface area contributed by atoms with E-state index in [1.807, 2.05) is 24.3 Å². The summed E-state index contributed by atoms with van der Waals surface area (Å²) >= 11 is 11.8. The zero-order valence-electron chi connectivity index (χ0n) is 15.2. The Bertz CT molecular complexity index is 850. The summed E-state index contributed by atoms with van der Waals surface area (Å²) in [6, 6.07) is 12.3. The molecule has 1 saturated heterocycles. The Kier molecular flexibility index (Phi) is 6.78. The smallest absolute Gasteiger partial charge is 0.260 e. The summed E-state index contributed by atoms with van der Waals surface area (Å²) in [4.78, 5) is 28.0. The highest BCUT2D eigenvalue weighted by atomic mass is 35.5. The normalized spacial score (nSPS) is 14.7. The molecular formula is C20H21Cl2N3O3. The number of amides is 2. The van der Waals surface area contributed by atoms with Gasteiger partial charge < -0.3 is 15.4 Å². The predicted octanol–water partition coefficient (Wildman–Crippen LogP) is 2.82. The third kappa shape index (κ3) is 5.38. The van der Waals surface area contributed by atoms with Gasteiger partial charge in [0.05, 0.1) is 5.56 Å². The van der Waals surface area contributed by atoms with E-state index >= 15 is 0 Å². The molecule has 2 aromatic rings. The van der Waals surface area contributed by atoms with Crippen molar-refractivity contribution < 1.29 is 14.3 Å². The molecule has 0 bridgehead atoms. The molecule has 0 aromatic heterocycles. The summed E-state index contributed by atoms with van der Waals surface area (Å²) in [5.74, 6) is -0.524. The molecule has 0 aliphatic carbocycles. The monoisotopic (exact) mass is 421 g/mol. The van der Waals surface area contributed by atoms with Crippen LogP contribution >= 0.6 is 23.2 Å². The van der Waals surface area contributed by atoms with Crippen LogP contribution in [0, 0.1) is 0 Å². The van der Waals surface area contributed by atoms with Gasteiger partial charge in [-0.3, -0.25) is 14.5 Å². The highest BCUT2D eigenvalue weighted by Crippen LogP contribution is 2.22. The van der Waals surface area contributed by atoms with Crippen LogP contribution in [0.4, 0.5) is 0 Å². The van der Waals surface area contributed by atoms with Crippen LogP contribution in [0.1, 0.15) is 15.9 Å². The SMILES string of the molecule is NC(=O)c1cc(Cl)ccc1OCC(=O)N1CCN(Cc2ccc(Cl)cc2)CC1. The lowest BCUT2D eigenvalue weighted by Crippen LogP contribution is -2.49. The van der Waals surface area contributed by atoms with Gasteiger partial charge in [0.1, 0.15) is 5.75 Å². The summed E-state index contributed by atoms with van der Waals surface area (Å²) in [6.07, 6.45) is 0. The summed E-state index contributed by atoms with van der Waals surface area (Å²) in [7, 11) is 0. The van der Waals surface area contributed by atoms with Crippen molar-refractivity contribution in [1.29, 1.82) is 0 Å². The van der Waals surface area contributed by atoms with Gasteiger partial charge >= 0.3 is 0 Å². The van der Waals surface area contributed by atoms with Crippen molar-refractivity contribution in [3.63, 3.8) is 0 Å². The van der Waals surface area contributed by atoms with E-state index in [1.165, 1.54) is 11.6 Å². The second-order valence-electron chi connectivity index (χ2n) is 6.58. The van der Waals surface area contributed by atoms with Crippen molar-refractivity contribution in [3.8, 4) is 5.75 Å². The average Bonchev–Trinajstić information content (AvgIpc) is 2.69. The fraction of sp³-hybridized carbons (Fsp3) is 0.300. The third-order valence-electron chi connectivity index (χ3n) is 4.60. The van der Waals surface area contributed by atoms with Crippen LogP contribution in [0.3, 0.4) is 0 Å². The van der Waals surface area contributed by atoms with Crippen molar-refractivity contribution in [2.75, 3.05) is 32.8 Å². The summed E-state index contributed by atoms with van der Waals surface area (Å²) in [6.45, 7) is 3.48. The van der Waals surface area contributed by atoms with E-state index < -0.39 is 5.91 Å². The van der Waals surface area contributed by atoms with Crippen LogP contribution in [0.5, 0.6) is 5.75 Å². The summed E-state index contributed by atoms with van der Waals surface area (Å²) in [5.41, 5.74) is 6.68. The summed E-state index contributed by atoms with van der Waals surface area (Å²) in [5, 5.41) is 1.10. The average molecular weight is 422 g/mol. The fourth-order valence-corrected chi connectivity index (χ4v) is 3.35. The Balaban J connectivity index is 1.49. The van der Waals surface area contributed by atoms with Crippen LogP contribution in [-0.2, 0) is 11.3 Å². The first-order valence-electron chi connectivity index (χ1n) is 8.89. The minimum Gasteiger partial charge on any atom is -0.483 e. The van der Waals surface area contributed by atoms with E-state index in [1.54, 1.807) is 17.0 Å². The van der Waals surface area contributed by atoms with Crippen LogP contribution in [0.25, 0.3) is 0 Å². The number of hydrogen-bond acceptors (Lipinski definition) is 4. The fourth-order valence-electron chi connectivity index (χ4n) is 3.05. The number of hydrogen-bond donors (Lipinski definition) is 1. The van der Waals surface area contributed by atoms with Crippen LogP contribution in [0.2, 0.25) is 10.0 Å². The van der Waals surface area contributed by atoms with Gasteiger partial charge in [-0.2, -0.15) is 0 Å². The van der Waals surface area contributed by atoms with E-state index in [9.17, 15) is 9.59 Å². The van der Waals surface area contributed by atoms with Crippen molar-refractivity contribution in [2.24, 2.45) is 5.73 Å². The third-order valence-corrected chi connectivity index (χ3v) is 5.09. The molecule has 1 aliphatic rings. The van der Waals surface area contributed by atoms with Crippen molar-refractivity contribution in [3.05, 3.63) is 63.6 Å². The van der Waals surface area contributed by atoms with E-state index in [4.69, 9.17) is 33.7 Å². The van der Waals surface area contributed by atoms with Crippen molar-refractivity contribution >= 4 is 35.0 Å². The first-order valence-corrected chi connectivity index (χ1v) is 9.64. The Morgan fingerprint density at radius 1 is 0.964 bits per heavy atom. The molecule has 6 nitrogen and oxygen atoms in total. The second-order valence-corrected chi connectivity index (χ2v) is 7.45. The number of carbonyl (C=O) groups excluding carboxylic acids is 2. The van der Waals surface area contributed by atoms with Crippen molar-refractivity contribution in [1.82, 2.24) is 9.80 Å². The molecule has 0 atom stereocenters. The molecule has 2 N–H and O–H groups in total. The Hall–Kier alpha value is -2.28.